The molecule has 2 rings (SSSR count). The molecule has 0 radical (unpaired) electrons. The number of benzene rings is 2. The molecule has 21 heavy (non-hydrogen) atoms. The van der Waals surface area contributed by atoms with E-state index in [-0.39, 0.29) is 13.0 Å². The van der Waals surface area contributed by atoms with Crippen LogP contribution in [0.1, 0.15) is 6.42 Å². The molecular weight excluding hydrogens is 292 g/mol. The number of rotatable bonds is 6. The lowest BCUT2D eigenvalue weighted by Gasteiger charge is -2.12. The summed E-state index contributed by atoms with van der Waals surface area (Å²) in [6.45, 7) is -0.0900. The van der Waals surface area contributed by atoms with Crippen LogP contribution in [0.15, 0.2) is 48.5 Å². The van der Waals surface area contributed by atoms with Crippen LogP contribution in [0, 0.1) is 0 Å². The third kappa shape index (κ3) is 4.48. The van der Waals surface area contributed by atoms with Crippen molar-refractivity contribution in [3.05, 3.63) is 53.6 Å². The maximum absolute atomic E-state index is 10.4. The first-order valence-electron chi connectivity index (χ1n) is 6.44. The lowest BCUT2D eigenvalue weighted by atomic mass is 10.1. The van der Waals surface area contributed by atoms with Gasteiger partial charge >= 0.3 is 5.97 Å². The number of aliphatic carboxylic acids is 1. The van der Waals surface area contributed by atoms with Gasteiger partial charge in [0.25, 0.3) is 0 Å². The zero-order chi connectivity index (χ0) is 15.2. The van der Waals surface area contributed by atoms with Crippen LogP contribution >= 0.6 is 11.6 Å². The van der Waals surface area contributed by atoms with E-state index in [4.69, 9.17) is 21.4 Å². The zero-order valence-corrected chi connectivity index (χ0v) is 12.0. The van der Waals surface area contributed by atoms with E-state index in [1.54, 1.807) is 12.1 Å². The summed E-state index contributed by atoms with van der Waals surface area (Å²) in [7, 11) is 0. The maximum atomic E-state index is 10.4. The molecule has 0 aliphatic rings. The van der Waals surface area contributed by atoms with Crippen molar-refractivity contribution >= 4 is 17.6 Å². The third-order valence-electron chi connectivity index (χ3n) is 2.88. The number of carboxylic acids is 1. The van der Waals surface area contributed by atoms with Crippen molar-refractivity contribution in [1.82, 2.24) is 0 Å². The quantitative estimate of drug-likeness (QED) is 0.860. The minimum absolute atomic E-state index is 0.0900. The highest BCUT2D eigenvalue weighted by molar-refractivity contribution is 6.33. The summed E-state index contributed by atoms with van der Waals surface area (Å²) >= 11 is 6.23. The van der Waals surface area contributed by atoms with Gasteiger partial charge in [0.2, 0.25) is 0 Å². The minimum atomic E-state index is -1.07. The van der Waals surface area contributed by atoms with Gasteiger partial charge in [0, 0.05) is 5.56 Å². The zero-order valence-electron chi connectivity index (χ0n) is 11.2. The number of hydrogen-bond donors (Lipinski definition) is 2. The average Bonchev–Trinajstić information content (AvgIpc) is 2.45. The van der Waals surface area contributed by atoms with Crippen LogP contribution in [-0.2, 0) is 4.79 Å². The highest BCUT2D eigenvalue weighted by Crippen LogP contribution is 2.31. The second kappa shape index (κ2) is 7.11. The van der Waals surface area contributed by atoms with Gasteiger partial charge in [-0.1, -0.05) is 41.9 Å². The topological polar surface area (TPSA) is 66.8 Å². The van der Waals surface area contributed by atoms with Gasteiger partial charge in [-0.3, -0.25) is 4.79 Å². The van der Waals surface area contributed by atoms with Gasteiger partial charge in [0.05, 0.1) is 17.5 Å². The van der Waals surface area contributed by atoms with Crippen LogP contribution in [0.25, 0.3) is 11.1 Å². The predicted octanol–water partition coefficient (Wildman–Crippen LogP) is 3.22. The molecule has 0 saturated carbocycles. The number of carboxylic acid groups (broad SMARTS) is 1. The highest BCUT2D eigenvalue weighted by Gasteiger charge is 2.11. The molecule has 4 nitrogen and oxygen atoms in total. The first-order valence-corrected chi connectivity index (χ1v) is 6.81. The molecule has 110 valence electrons. The van der Waals surface area contributed by atoms with E-state index in [1.165, 1.54) is 0 Å². The summed E-state index contributed by atoms with van der Waals surface area (Å²) in [5, 5.41) is 18.5. The Kier molecular flexibility index (Phi) is 5.20. The molecule has 0 heterocycles. The van der Waals surface area contributed by atoms with E-state index < -0.39 is 12.1 Å². The largest absolute Gasteiger partial charge is 0.491 e. The van der Waals surface area contributed by atoms with Gasteiger partial charge < -0.3 is 14.9 Å². The molecule has 0 unspecified atom stereocenters. The van der Waals surface area contributed by atoms with Crippen LogP contribution in [0.3, 0.4) is 0 Å². The van der Waals surface area contributed by atoms with E-state index in [0.717, 1.165) is 11.1 Å². The average molecular weight is 307 g/mol. The minimum Gasteiger partial charge on any atom is -0.491 e. The Hall–Kier alpha value is -2.04. The summed E-state index contributed by atoms with van der Waals surface area (Å²) in [4.78, 5) is 10.4. The number of ether oxygens (including phenoxy) is 1. The lowest BCUT2D eigenvalue weighted by Crippen LogP contribution is -2.21. The number of carbonyl (C=O) groups is 1. The second-order valence-electron chi connectivity index (χ2n) is 4.57. The fourth-order valence-corrected chi connectivity index (χ4v) is 2.17. The monoisotopic (exact) mass is 306 g/mol. The Labute approximate surface area is 127 Å². The summed E-state index contributed by atoms with van der Waals surface area (Å²) in [5.74, 6) is -0.576. The van der Waals surface area contributed by atoms with Gasteiger partial charge in [-0.25, -0.2) is 0 Å². The van der Waals surface area contributed by atoms with Crippen LogP contribution in [-0.4, -0.2) is 28.9 Å². The van der Waals surface area contributed by atoms with Crippen LogP contribution < -0.4 is 4.74 Å². The van der Waals surface area contributed by atoms with Crippen molar-refractivity contribution in [2.24, 2.45) is 0 Å². The summed E-state index contributed by atoms with van der Waals surface area (Å²) in [6, 6.07) is 14.9. The summed E-state index contributed by atoms with van der Waals surface area (Å²) in [5.41, 5.74) is 1.88. The Morgan fingerprint density at radius 2 is 1.90 bits per heavy atom. The molecule has 0 spiro atoms. The van der Waals surface area contributed by atoms with Crippen molar-refractivity contribution < 1.29 is 19.7 Å². The molecule has 0 aromatic heterocycles. The fourth-order valence-electron chi connectivity index (χ4n) is 1.89. The second-order valence-corrected chi connectivity index (χ2v) is 4.98. The Bertz CT molecular complexity index is 613. The Morgan fingerprint density at radius 3 is 2.52 bits per heavy atom. The van der Waals surface area contributed by atoms with Crippen LogP contribution in [0.4, 0.5) is 0 Å². The van der Waals surface area contributed by atoms with E-state index in [1.807, 2.05) is 36.4 Å². The highest BCUT2D eigenvalue weighted by atomic mass is 35.5. The Morgan fingerprint density at radius 1 is 1.19 bits per heavy atom. The smallest absolute Gasteiger partial charge is 0.306 e. The molecule has 0 bridgehead atoms. The molecule has 0 aliphatic carbocycles. The van der Waals surface area contributed by atoms with E-state index in [0.29, 0.717) is 10.8 Å². The molecule has 2 N–H and O–H groups in total. The van der Waals surface area contributed by atoms with Crippen molar-refractivity contribution in [3.8, 4) is 16.9 Å². The molecule has 1 atom stereocenters. The van der Waals surface area contributed by atoms with Crippen molar-refractivity contribution in [2.45, 2.75) is 12.5 Å². The summed E-state index contributed by atoms with van der Waals surface area (Å²) in [6.07, 6.45) is -1.40. The predicted molar refractivity (Wildman–Crippen MR) is 80.6 cm³/mol. The molecule has 0 amide bonds. The number of hydrogen-bond acceptors (Lipinski definition) is 3. The van der Waals surface area contributed by atoms with E-state index in [2.05, 4.69) is 0 Å². The first kappa shape index (κ1) is 15.4. The molecule has 0 aliphatic heterocycles. The first-order chi connectivity index (χ1) is 10.1. The molecule has 0 fully saturated rings. The van der Waals surface area contributed by atoms with Gasteiger partial charge in [0.15, 0.2) is 0 Å². The molecule has 0 saturated heterocycles. The molecule has 5 heteroatoms. The Balaban J connectivity index is 2.04. The lowest BCUT2D eigenvalue weighted by molar-refractivity contribution is -0.139. The standard InChI is InChI=1S/C16H15ClO4/c17-15-9-13(21-10-12(18)8-16(19)20)6-7-14(15)11-4-2-1-3-5-11/h1-7,9,12,18H,8,10H2,(H,19,20)/t12-/m1/s1. The van der Waals surface area contributed by atoms with Crippen molar-refractivity contribution in [3.63, 3.8) is 0 Å². The van der Waals surface area contributed by atoms with Crippen LogP contribution in [0.2, 0.25) is 5.02 Å². The normalized spacial score (nSPS) is 11.9. The van der Waals surface area contributed by atoms with Gasteiger partial charge in [-0.05, 0) is 23.8 Å². The number of aliphatic hydroxyl groups excluding tert-OH is 1. The van der Waals surface area contributed by atoms with E-state index >= 15 is 0 Å². The van der Waals surface area contributed by atoms with Gasteiger partial charge in [0.1, 0.15) is 12.4 Å². The van der Waals surface area contributed by atoms with Crippen molar-refractivity contribution in [1.29, 1.82) is 0 Å². The molecule has 2 aromatic carbocycles. The van der Waals surface area contributed by atoms with Crippen LogP contribution in [0.5, 0.6) is 5.75 Å². The van der Waals surface area contributed by atoms with Gasteiger partial charge in [-0.15, -0.1) is 0 Å². The van der Waals surface area contributed by atoms with E-state index in [9.17, 15) is 9.90 Å². The SMILES string of the molecule is O=C(O)C[C@@H](O)COc1ccc(-c2ccccc2)c(Cl)c1. The molecular formula is C16H15ClO4. The number of aliphatic hydroxyl groups is 1. The number of halogens is 1. The fraction of sp³-hybridized carbons (Fsp3) is 0.188. The maximum Gasteiger partial charge on any atom is 0.306 e. The summed E-state index contributed by atoms with van der Waals surface area (Å²) < 4.78 is 5.34. The van der Waals surface area contributed by atoms with Crippen molar-refractivity contribution in [2.75, 3.05) is 6.61 Å². The third-order valence-corrected chi connectivity index (χ3v) is 3.19. The molecule has 2 aromatic rings. The van der Waals surface area contributed by atoms with Gasteiger partial charge in [-0.2, -0.15) is 0 Å².